The molecule has 0 radical (unpaired) electrons. The Morgan fingerprint density at radius 2 is 1.97 bits per heavy atom. The molecule has 7 heteroatoms. The van der Waals surface area contributed by atoms with Gasteiger partial charge in [0.05, 0.1) is 25.8 Å². The minimum absolute atomic E-state index is 0.0116. The summed E-state index contributed by atoms with van der Waals surface area (Å²) in [7, 11) is 0. The van der Waals surface area contributed by atoms with Crippen LogP contribution in [0.3, 0.4) is 0 Å². The molecule has 0 bridgehead atoms. The molecule has 1 aromatic rings. The maximum absolute atomic E-state index is 13.2. The van der Waals surface area contributed by atoms with Gasteiger partial charge in [-0.15, -0.1) is 0 Å². The van der Waals surface area contributed by atoms with Gasteiger partial charge < -0.3 is 20.5 Å². The van der Waals surface area contributed by atoms with Crippen LogP contribution in [0.2, 0.25) is 0 Å². The Morgan fingerprint density at radius 3 is 2.66 bits per heavy atom. The van der Waals surface area contributed by atoms with E-state index in [-0.39, 0.29) is 36.9 Å². The van der Waals surface area contributed by atoms with Gasteiger partial charge in [0.25, 0.3) is 5.91 Å². The Balaban J connectivity index is 2.37. The van der Waals surface area contributed by atoms with Crippen molar-refractivity contribution in [3.05, 3.63) is 29.3 Å². The molecule has 7 nitrogen and oxygen atoms in total. The van der Waals surface area contributed by atoms with E-state index in [1.165, 1.54) is 0 Å². The second-order valence-electron chi connectivity index (χ2n) is 9.44. The summed E-state index contributed by atoms with van der Waals surface area (Å²) in [5, 5.41) is 15.6. The Morgan fingerprint density at radius 1 is 1.19 bits per heavy atom. The molecule has 0 unspecified atom stereocenters. The average molecular weight is 448 g/mol. The highest BCUT2D eigenvalue weighted by Gasteiger charge is 2.23. The number of aliphatic hydroxyl groups is 1. The molecule has 0 aliphatic carbocycles. The SMILES string of the molecule is CC(C)CCN1CC(=O)NCCCCCOc2cccc(C(=O)N[C@H](CO)C(C)C)c2C1. The number of hydrogen-bond donors (Lipinski definition) is 3. The van der Waals surface area contributed by atoms with Crippen molar-refractivity contribution in [1.29, 1.82) is 0 Å². The van der Waals surface area contributed by atoms with Crippen molar-refractivity contribution >= 4 is 11.8 Å². The van der Waals surface area contributed by atoms with Crippen LogP contribution in [0.5, 0.6) is 5.75 Å². The van der Waals surface area contributed by atoms with Gasteiger partial charge in [-0.25, -0.2) is 0 Å². The zero-order valence-corrected chi connectivity index (χ0v) is 20.2. The maximum Gasteiger partial charge on any atom is 0.252 e. The van der Waals surface area contributed by atoms with Gasteiger partial charge in [-0.1, -0.05) is 33.8 Å². The van der Waals surface area contributed by atoms with E-state index in [0.29, 0.717) is 36.9 Å². The first-order chi connectivity index (χ1) is 15.3. The summed E-state index contributed by atoms with van der Waals surface area (Å²) >= 11 is 0. The number of rotatable bonds is 7. The summed E-state index contributed by atoms with van der Waals surface area (Å²) in [4.78, 5) is 27.8. The van der Waals surface area contributed by atoms with Crippen molar-refractivity contribution < 1.29 is 19.4 Å². The molecule has 1 aliphatic rings. The van der Waals surface area contributed by atoms with Gasteiger partial charge in [-0.2, -0.15) is 0 Å². The predicted octanol–water partition coefficient (Wildman–Crippen LogP) is 2.96. The predicted molar refractivity (Wildman–Crippen MR) is 127 cm³/mol. The fraction of sp³-hybridized carbons (Fsp3) is 0.680. The number of carbonyl (C=O) groups excluding carboxylic acids is 2. The van der Waals surface area contributed by atoms with E-state index in [2.05, 4.69) is 29.4 Å². The van der Waals surface area contributed by atoms with Crippen molar-refractivity contribution in [3.63, 3.8) is 0 Å². The maximum atomic E-state index is 13.2. The molecule has 2 amide bonds. The van der Waals surface area contributed by atoms with Crippen LogP contribution in [-0.4, -0.2) is 60.7 Å². The molecule has 0 saturated carbocycles. The van der Waals surface area contributed by atoms with Crippen LogP contribution in [0.4, 0.5) is 0 Å². The summed E-state index contributed by atoms with van der Waals surface area (Å²) in [6.45, 7) is 10.9. The van der Waals surface area contributed by atoms with Crippen LogP contribution < -0.4 is 15.4 Å². The van der Waals surface area contributed by atoms with E-state index >= 15 is 0 Å². The average Bonchev–Trinajstić information content (AvgIpc) is 2.76. The number of carbonyl (C=O) groups is 2. The number of benzene rings is 1. The lowest BCUT2D eigenvalue weighted by Gasteiger charge is -2.26. The molecule has 1 aliphatic heterocycles. The molecule has 1 heterocycles. The standard InChI is InChI=1S/C25H41N3O4/c1-18(2)11-13-28-15-21-20(25(31)27-22(17-29)19(3)4)9-8-10-23(21)32-14-7-5-6-12-26-24(30)16-28/h8-10,18-19,22,29H,5-7,11-17H2,1-4H3,(H,26,30)(H,27,31)/t22-/m1/s1. The first-order valence-electron chi connectivity index (χ1n) is 12.0. The molecule has 0 fully saturated rings. The lowest BCUT2D eigenvalue weighted by Crippen LogP contribution is -2.42. The van der Waals surface area contributed by atoms with E-state index in [0.717, 1.165) is 37.8 Å². The summed E-state index contributed by atoms with van der Waals surface area (Å²) < 4.78 is 6.11. The smallest absolute Gasteiger partial charge is 0.252 e. The van der Waals surface area contributed by atoms with Crippen molar-refractivity contribution in [3.8, 4) is 5.75 Å². The molecule has 180 valence electrons. The normalized spacial score (nSPS) is 17.4. The van der Waals surface area contributed by atoms with Crippen molar-refractivity contribution in [2.24, 2.45) is 11.8 Å². The molecule has 1 aromatic carbocycles. The monoisotopic (exact) mass is 447 g/mol. The molecule has 0 aromatic heterocycles. The number of fused-ring (bicyclic) bond motifs is 1. The lowest BCUT2D eigenvalue weighted by molar-refractivity contribution is -0.122. The number of ether oxygens (including phenoxy) is 1. The van der Waals surface area contributed by atoms with Crippen LogP contribution in [0.25, 0.3) is 0 Å². The Labute approximate surface area is 192 Å². The second-order valence-corrected chi connectivity index (χ2v) is 9.44. The van der Waals surface area contributed by atoms with Gasteiger partial charge in [0.15, 0.2) is 0 Å². The number of aliphatic hydroxyl groups excluding tert-OH is 1. The van der Waals surface area contributed by atoms with Gasteiger partial charge >= 0.3 is 0 Å². The van der Waals surface area contributed by atoms with Gasteiger partial charge in [0.1, 0.15) is 5.75 Å². The Kier molecular flexibility index (Phi) is 11.0. The largest absolute Gasteiger partial charge is 0.493 e. The summed E-state index contributed by atoms with van der Waals surface area (Å²) in [6.07, 6.45) is 3.74. The third-order valence-electron chi connectivity index (χ3n) is 5.87. The molecule has 3 N–H and O–H groups in total. The van der Waals surface area contributed by atoms with Crippen molar-refractivity contribution in [2.75, 3.05) is 32.8 Å². The molecule has 1 atom stereocenters. The number of hydrogen-bond acceptors (Lipinski definition) is 5. The fourth-order valence-electron chi connectivity index (χ4n) is 3.70. The first-order valence-corrected chi connectivity index (χ1v) is 12.0. The van der Waals surface area contributed by atoms with E-state index in [4.69, 9.17) is 4.74 Å². The number of nitrogens with zero attached hydrogens (tertiary/aromatic N) is 1. The Hall–Kier alpha value is -2.12. The molecule has 32 heavy (non-hydrogen) atoms. The van der Waals surface area contributed by atoms with Crippen LogP contribution in [0.1, 0.15) is 69.3 Å². The molecule has 0 spiro atoms. The fourth-order valence-corrected chi connectivity index (χ4v) is 3.70. The van der Waals surface area contributed by atoms with Crippen molar-refractivity contribution in [1.82, 2.24) is 15.5 Å². The highest BCUT2D eigenvalue weighted by atomic mass is 16.5. The van der Waals surface area contributed by atoms with E-state index in [1.807, 2.05) is 26.0 Å². The van der Waals surface area contributed by atoms with E-state index in [9.17, 15) is 14.7 Å². The summed E-state index contributed by atoms with van der Waals surface area (Å²) in [5.74, 6) is 1.10. The minimum Gasteiger partial charge on any atom is -0.493 e. The number of amides is 2. The quantitative estimate of drug-likeness (QED) is 0.598. The zero-order chi connectivity index (χ0) is 23.5. The number of nitrogens with one attached hydrogen (secondary N) is 2. The molecule has 0 saturated heterocycles. The zero-order valence-electron chi connectivity index (χ0n) is 20.2. The molecular weight excluding hydrogens is 406 g/mol. The molecular formula is C25H41N3O4. The third-order valence-corrected chi connectivity index (χ3v) is 5.87. The van der Waals surface area contributed by atoms with Gasteiger partial charge in [0, 0.05) is 24.2 Å². The van der Waals surface area contributed by atoms with Gasteiger partial charge in [-0.05, 0) is 56.2 Å². The second kappa shape index (κ2) is 13.4. The highest BCUT2D eigenvalue weighted by Crippen LogP contribution is 2.26. The van der Waals surface area contributed by atoms with E-state index in [1.54, 1.807) is 6.07 Å². The third kappa shape index (κ3) is 8.43. The summed E-state index contributed by atoms with van der Waals surface area (Å²) in [5.41, 5.74) is 1.33. The van der Waals surface area contributed by atoms with Gasteiger partial charge in [-0.3, -0.25) is 14.5 Å². The van der Waals surface area contributed by atoms with Crippen LogP contribution in [0, 0.1) is 11.8 Å². The molecule has 2 rings (SSSR count). The first kappa shape index (κ1) is 26.1. The van der Waals surface area contributed by atoms with Crippen molar-refractivity contribution in [2.45, 2.75) is 66.0 Å². The van der Waals surface area contributed by atoms with Crippen LogP contribution in [-0.2, 0) is 11.3 Å². The highest BCUT2D eigenvalue weighted by molar-refractivity contribution is 5.96. The van der Waals surface area contributed by atoms with Crippen LogP contribution >= 0.6 is 0 Å². The van der Waals surface area contributed by atoms with Crippen LogP contribution in [0.15, 0.2) is 18.2 Å². The lowest BCUT2D eigenvalue weighted by atomic mass is 10.0. The Bertz CT molecular complexity index is 736. The topological polar surface area (TPSA) is 90.9 Å². The summed E-state index contributed by atoms with van der Waals surface area (Å²) in [6, 6.07) is 5.21. The van der Waals surface area contributed by atoms with E-state index < -0.39 is 0 Å². The van der Waals surface area contributed by atoms with Gasteiger partial charge in [0.2, 0.25) is 5.91 Å². The minimum atomic E-state index is -0.322.